The Morgan fingerprint density at radius 3 is 2.83 bits per heavy atom. The van der Waals surface area contributed by atoms with Gasteiger partial charge in [-0.3, -0.25) is 4.79 Å². The molecule has 0 unspecified atom stereocenters. The van der Waals surface area contributed by atoms with Gasteiger partial charge in [0.2, 0.25) is 0 Å². The number of carbonyl (C=O) groups is 1. The summed E-state index contributed by atoms with van der Waals surface area (Å²) in [7, 11) is 1.35. The molecule has 1 rings (SSSR count). The molecule has 4 heteroatoms. The number of aryl methyl sites for hydroxylation is 1. The Kier molecular flexibility index (Phi) is 2.47. The van der Waals surface area contributed by atoms with Crippen LogP contribution in [0.15, 0.2) is 10.7 Å². The van der Waals surface area contributed by atoms with Crippen molar-refractivity contribution < 1.29 is 13.9 Å². The van der Waals surface area contributed by atoms with Crippen LogP contribution in [0.5, 0.6) is 0 Å². The molecule has 0 N–H and O–H groups in total. The number of rotatable bonds is 2. The first kappa shape index (κ1) is 8.77. The van der Waals surface area contributed by atoms with Gasteiger partial charge in [-0.15, -0.1) is 0 Å². The van der Waals surface area contributed by atoms with Crippen LogP contribution in [-0.2, 0) is 9.53 Å². The Labute approximate surface area is 70.5 Å². The molecule has 0 aliphatic rings. The van der Waals surface area contributed by atoms with Crippen LogP contribution >= 0.6 is 0 Å². The molecule has 0 saturated carbocycles. The van der Waals surface area contributed by atoms with E-state index >= 15 is 0 Å². The van der Waals surface area contributed by atoms with Gasteiger partial charge in [-0.25, -0.2) is 4.98 Å². The van der Waals surface area contributed by atoms with Crippen molar-refractivity contribution >= 4 is 5.97 Å². The second kappa shape index (κ2) is 3.38. The summed E-state index contributed by atoms with van der Waals surface area (Å²) in [5.74, 6) is -0.100. The third kappa shape index (κ3) is 1.64. The van der Waals surface area contributed by atoms with E-state index in [-0.39, 0.29) is 11.9 Å². The van der Waals surface area contributed by atoms with E-state index in [1.54, 1.807) is 13.8 Å². The molecule has 12 heavy (non-hydrogen) atoms. The Hall–Kier alpha value is -1.32. The average molecular weight is 169 g/mol. The molecule has 4 nitrogen and oxygen atoms in total. The van der Waals surface area contributed by atoms with Crippen LogP contribution in [-0.4, -0.2) is 18.1 Å². The Bertz CT molecular complexity index is 280. The lowest BCUT2D eigenvalue weighted by Gasteiger charge is -2.03. The SMILES string of the molecule is COC(=O)[C@H](C)c1coc(C)n1. The highest BCUT2D eigenvalue weighted by molar-refractivity contribution is 5.76. The number of hydrogen-bond acceptors (Lipinski definition) is 4. The molecule has 0 amide bonds. The maximum atomic E-state index is 11.0. The summed E-state index contributed by atoms with van der Waals surface area (Å²) in [5.41, 5.74) is 0.611. The van der Waals surface area contributed by atoms with Crippen molar-refractivity contribution in [2.75, 3.05) is 7.11 Å². The maximum Gasteiger partial charge on any atom is 0.314 e. The zero-order chi connectivity index (χ0) is 9.14. The summed E-state index contributed by atoms with van der Waals surface area (Å²) in [4.78, 5) is 15.0. The highest BCUT2D eigenvalue weighted by Crippen LogP contribution is 2.15. The van der Waals surface area contributed by atoms with Crippen molar-refractivity contribution in [2.24, 2.45) is 0 Å². The number of ether oxygens (including phenoxy) is 1. The molecule has 0 aromatic carbocycles. The lowest BCUT2D eigenvalue weighted by molar-refractivity contribution is -0.142. The standard InChI is InChI=1S/C8H11NO3/c1-5(8(10)11-3)7-4-12-6(2)9-7/h4-5H,1-3H3/t5-/m1/s1. The van der Waals surface area contributed by atoms with Crippen LogP contribution in [0, 0.1) is 6.92 Å². The van der Waals surface area contributed by atoms with Crippen LogP contribution in [0.4, 0.5) is 0 Å². The van der Waals surface area contributed by atoms with Crippen molar-refractivity contribution in [3.05, 3.63) is 17.8 Å². The molecule has 1 heterocycles. The number of carbonyl (C=O) groups excluding carboxylic acids is 1. The summed E-state index contributed by atoms with van der Waals surface area (Å²) >= 11 is 0. The van der Waals surface area contributed by atoms with Gasteiger partial charge in [0, 0.05) is 6.92 Å². The fraction of sp³-hybridized carbons (Fsp3) is 0.500. The van der Waals surface area contributed by atoms with Gasteiger partial charge in [-0.1, -0.05) is 0 Å². The Balaban J connectivity index is 2.77. The van der Waals surface area contributed by atoms with Gasteiger partial charge in [-0.2, -0.15) is 0 Å². The van der Waals surface area contributed by atoms with Crippen molar-refractivity contribution in [3.8, 4) is 0 Å². The molecule has 0 spiro atoms. The number of hydrogen-bond donors (Lipinski definition) is 0. The fourth-order valence-electron chi connectivity index (χ4n) is 0.877. The third-order valence-electron chi connectivity index (χ3n) is 1.64. The van der Waals surface area contributed by atoms with Crippen molar-refractivity contribution in [3.63, 3.8) is 0 Å². The molecule has 0 bridgehead atoms. The van der Waals surface area contributed by atoms with E-state index < -0.39 is 0 Å². The highest BCUT2D eigenvalue weighted by atomic mass is 16.5. The van der Waals surface area contributed by atoms with E-state index in [0.29, 0.717) is 11.6 Å². The fourth-order valence-corrected chi connectivity index (χ4v) is 0.877. The summed E-state index contributed by atoms with van der Waals surface area (Å²) < 4.78 is 9.52. The van der Waals surface area contributed by atoms with Crippen LogP contribution in [0.1, 0.15) is 24.4 Å². The van der Waals surface area contributed by atoms with Crippen LogP contribution in [0.2, 0.25) is 0 Å². The van der Waals surface area contributed by atoms with Gasteiger partial charge in [0.25, 0.3) is 0 Å². The molecule has 1 aromatic heterocycles. The Morgan fingerprint density at radius 2 is 2.42 bits per heavy atom. The van der Waals surface area contributed by atoms with Crippen LogP contribution in [0.25, 0.3) is 0 Å². The summed E-state index contributed by atoms with van der Waals surface area (Å²) in [5, 5.41) is 0. The van der Waals surface area contributed by atoms with Crippen LogP contribution < -0.4 is 0 Å². The zero-order valence-electron chi connectivity index (χ0n) is 7.33. The first-order valence-corrected chi connectivity index (χ1v) is 3.65. The van der Waals surface area contributed by atoms with E-state index in [2.05, 4.69) is 9.72 Å². The summed E-state index contributed by atoms with van der Waals surface area (Å²) in [6.07, 6.45) is 1.47. The maximum absolute atomic E-state index is 11.0. The monoisotopic (exact) mass is 169 g/mol. The Morgan fingerprint density at radius 1 is 1.75 bits per heavy atom. The zero-order valence-corrected chi connectivity index (χ0v) is 7.33. The number of esters is 1. The number of oxazole rings is 1. The quantitative estimate of drug-likeness (QED) is 0.625. The van der Waals surface area contributed by atoms with E-state index in [1.165, 1.54) is 13.4 Å². The molecular weight excluding hydrogens is 158 g/mol. The smallest absolute Gasteiger partial charge is 0.314 e. The number of nitrogens with zero attached hydrogens (tertiary/aromatic N) is 1. The van der Waals surface area contributed by atoms with Gasteiger partial charge in [0.1, 0.15) is 6.26 Å². The van der Waals surface area contributed by atoms with E-state index in [4.69, 9.17) is 4.42 Å². The van der Waals surface area contributed by atoms with E-state index in [1.807, 2.05) is 0 Å². The van der Waals surface area contributed by atoms with Crippen molar-refractivity contribution in [1.29, 1.82) is 0 Å². The lowest BCUT2D eigenvalue weighted by atomic mass is 10.1. The molecule has 0 fully saturated rings. The summed E-state index contributed by atoms with van der Waals surface area (Å²) in [6.45, 7) is 3.45. The van der Waals surface area contributed by atoms with Gasteiger partial charge >= 0.3 is 5.97 Å². The minimum Gasteiger partial charge on any atom is -0.469 e. The van der Waals surface area contributed by atoms with Gasteiger partial charge in [-0.05, 0) is 6.92 Å². The lowest BCUT2D eigenvalue weighted by Crippen LogP contribution is -2.10. The predicted octanol–water partition coefficient (Wildman–Crippen LogP) is 1.26. The molecular formula is C8H11NO3. The first-order chi connectivity index (χ1) is 5.65. The predicted molar refractivity (Wildman–Crippen MR) is 41.7 cm³/mol. The molecule has 0 radical (unpaired) electrons. The third-order valence-corrected chi connectivity index (χ3v) is 1.64. The van der Waals surface area contributed by atoms with Gasteiger partial charge in [0.15, 0.2) is 5.89 Å². The van der Waals surface area contributed by atoms with Crippen molar-refractivity contribution in [2.45, 2.75) is 19.8 Å². The highest BCUT2D eigenvalue weighted by Gasteiger charge is 2.18. The summed E-state index contributed by atoms with van der Waals surface area (Å²) in [6, 6.07) is 0. The second-order valence-electron chi connectivity index (χ2n) is 2.54. The second-order valence-corrected chi connectivity index (χ2v) is 2.54. The minimum absolute atomic E-state index is 0.302. The van der Waals surface area contributed by atoms with Crippen LogP contribution in [0.3, 0.4) is 0 Å². The number of methoxy groups -OCH3 is 1. The minimum atomic E-state index is -0.354. The molecule has 66 valence electrons. The van der Waals surface area contributed by atoms with E-state index in [0.717, 1.165) is 0 Å². The average Bonchev–Trinajstić information content (AvgIpc) is 2.49. The number of aromatic nitrogens is 1. The van der Waals surface area contributed by atoms with E-state index in [9.17, 15) is 4.79 Å². The topological polar surface area (TPSA) is 52.3 Å². The molecule has 0 saturated heterocycles. The molecule has 1 atom stereocenters. The molecule has 0 aliphatic heterocycles. The van der Waals surface area contributed by atoms with Gasteiger partial charge < -0.3 is 9.15 Å². The largest absolute Gasteiger partial charge is 0.469 e. The van der Waals surface area contributed by atoms with Crippen molar-refractivity contribution in [1.82, 2.24) is 4.98 Å². The molecule has 0 aliphatic carbocycles. The van der Waals surface area contributed by atoms with Gasteiger partial charge in [0.05, 0.1) is 18.7 Å². The normalized spacial score (nSPS) is 12.6. The first-order valence-electron chi connectivity index (χ1n) is 3.65. The molecule has 1 aromatic rings.